The van der Waals surface area contributed by atoms with Crippen LogP contribution in [0.5, 0.6) is 0 Å². The van der Waals surface area contributed by atoms with Gasteiger partial charge >= 0.3 is 0 Å². The number of nitrogens with one attached hydrogen (secondary N) is 2. The summed E-state index contributed by atoms with van der Waals surface area (Å²) >= 11 is 12.2. The molecule has 6 heteroatoms. The van der Waals surface area contributed by atoms with Crippen molar-refractivity contribution in [2.24, 2.45) is 5.92 Å². The molecule has 1 aromatic rings. The lowest BCUT2D eigenvalue weighted by Crippen LogP contribution is -2.25. The molecule has 0 saturated heterocycles. The number of halogens is 2. The van der Waals surface area contributed by atoms with E-state index >= 15 is 0 Å². The Bertz CT molecular complexity index is 456. The van der Waals surface area contributed by atoms with Crippen molar-refractivity contribution in [1.82, 2.24) is 4.98 Å². The van der Waals surface area contributed by atoms with Crippen molar-refractivity contribution < 1.29 is 5.11 Å². The van der Waals surface area contributed by atoms with Gasteiger partial charge in [-0.25, -0.2) is 4.98 Å². The average Bonchev–Trinajstić information content (AvgIpc) is 2.41. The third kappa shape index (κ3) is 4.14. The van der Waals surface area contributed by atoms with Crippen molar-refractivity contribution in [1.29, 1.82) is 0 Å². The first-order valence-corrected chi connectivity index (χ1v) is 7.87. The smallest absolute Gasteiger partial charge is 0.147 e. The van der Waals surface area contributed by atoms with E-state index in [0.717, 1.165) is 38.8 Å². The van der Waals surface area contributed by atoms with E-state index in [1.807, 2.05) is 6.92 Å². The van der Waals surface area contributed by atoms with Crippen LogP contribution in [0.1, 0.15) is 32.6 Å². The quantitative estimate of drug-likeness (QED) is 0.773. The monoisotopic (exact) mass is 317 g/mol. The maximum atomic E-state index is 9.68. The number of aromatic nitrogens is 1. The van der Waals surface area contributed by atoms with Crippen LogP contribution in [0.4, 0.5) is 11.6 Å². The van der Waals surface area contributed by atoms with Gasteiger partial charge in [-0.3, -0.25) is 0 Å². The van der Waals surface area contributed by atoms with Crippen molar-refractivity contribution in [3.05, 3.63) is 16.1 Å². The van der Waals surface area contributed by atoms with E-state index in [2.05, 4.69) is 15.6 Å². The van der Waals surface area contributed by atoms with Crippen LogP contribution in [0.3, 0.4) is 0 Å². The predicted octanol–water partition coefficient (Wildman–Crippen LogP) is 3.78. The highest BCUT2D eigenvalue weighted by molar-refractivity contribution is 6.37. The highest BCUT2D eigenvalue weighted by Crippen LogP contribution is 2.30. The van der Waals surface area contributed by atoms with Crippen LogP contribution in [0.2, 0.25) is 10.0 Å². The minimum atomic E-state index is -0.165. The number of pyridine rings is 1. The summed E-state index contributed by atoms with van der Waals surface area (Å²) in [4.78, 5) is 4.42. The van der Waals surface area contributed by atoms with Gasteiger partial charge in [0.05, 0.1) is 16.1 Å². The predicted molar refractivity (Wildman–Crippen MR) is 84.9 cm³/mol. The topological polar surface area (TPSA) is 57.2 Å². The van der Waals surface area contributed by atoms with Crippen LogP contribution >= 0.6 is 23.2 Å². The lowest BCUT2D eigenvalue weighted by Gasteiger charge is -2.26. The molecule has 0 radical (unpaired) electrons. The lowest BCUT2D eigenvalue weighted by molar-refractivity contribution is 0.104. The number of aliphatic hydroxyl groups excluding tert-OH is 1. The zero-order valence-corrected chi connectivity index (χ0v) is 13.1. The number of rotatable bonds is 5. The first kappa shape index (κ1) is 15.7. The summed E-state index contributed by atoms with van der Waals surface area (Å²) in [6, 6.07) is 1.70. The van der Waals surface area contributed by atoms with Crippen molar-refractivity contribution in [3.63, 3.8) is 0 Å². The molecule has 0 amide bonds. The van der Waals surface area contributed by atoms with Gasteiger partial charge in [0.25, 0.3) is 0 Å². The average molecular weight is 318 g/mol. The summed E-state index contributed by atoms with van der Waals surface area (Å²) in [7, 11) is 0. The van der Waals surface area contributed by atoms with Gasteiger partial charge < -0.3 is 15.7 Å². The molecule has 2 unspecified atom stereocenters. The molecular weight excluding hydrogens is 297 g/mol. The molecule has 1 aliphatic rings. The van der Waals surface area contributed by atoms with Gasteiger partial charge in [0, 0.05) is 13.1 Å². The molecule has 3 N–H and O–H groups in total. The molecule has 1 aliphatic carbocycles. The van der Waals surface area contributed by atoms with E-state index < -0.39 is 0 Å². The third-order valence-electron chi connectivity index (χ3n) is 3.59. The summed E-state index contributed by atoms with van der Waals surface area (Å²) in [5.74, 6) is 1.76. The summed E-state index contributed by atoms with van der Waals surface area (Å²) in [6.07, 6.45) is 3.81. The SMILES string of the molecule is CCNc1nc(NCC2CCCC(O)C2)c(Cl)cc1Cl. The zero-order valence-electron chi connectivity index (χ0n) is 11.6. The Hall–Kier alpha value is -0.710. The Labute approximate surface area is 129 Å². The first-order valence-electron chi connectivity index (χ1n) is 7.12. The van der Waals surface area contributed by atoms with E-state index in [1.54, 1.807) is 6.07 Å². The number of hydrogen-bond donors (Lipinski definition) is 3. The standard InChI is InChI=1S/C14H21Cl2N3O/c1-2-17-13-11(15)7-12(16)14(19-13)18-8-9-4-3-5-10(20)6-9/h7,9-10,20H,2-6,8H2,1H3,(H2,17,18,19). The fourth-order valence-corrected chi connectivity index (χ4v) is 3.06. The van der Waals surface area contributed by atoms with E-state index in [1.165, 1.54) is 0 Å². The third-order valence-corrected chi connectivity index (χ3v) is 4.16. The molecule has 0 aliphatic heterocycles. The van der Waals surface area contributed by atoms with Gasteiger partial charge in [-0.1, -0.05) is 29.6 Å². The Morgan fingerprint density at radius 3 is 2.60 bits per heavy atom. The second kappa shape index (κ2) is 7.34. The molecule has 1 aromatic heterocycles. The van der Waals surface area contributed by atoms with Crippen molar-refractivity contribution in [3.8, 4) is 0 Å². The van der Waals surface area contributed by atoms with Gasteiger partial charge in [-0.15, -0.1) is 0 Å². The lowest BCUT2D eigenvalue weighted by atomic mass is 9.87. The summed E-state index contributed by atoms with van der Waals surface area (Å²) in [6.45, 7) is 3.52. The molecule has 1 saturated carbocycles. The molecule has 20 heavy (non-hydrogen) atoms. The summed E-state index contributed by atoms with van der Waals surface area (Å²) in [5, 5.41) is 17.1. The summed E-state index contributed by atoms with van der Waals surface area (Å²) in [5.41, 5.74) is 0. The Kier molecular flexibility index (Phi) is 5.75. The Morgan fingerprint density at radius 2 is 1.95 bits per heavy atom. The normalized spacial score (nSPS) is 22.6. The van der Waals surface area contributed by atoms with Crippen molar-refractivity contribution in [2.75, 3.05) is 23.7 Å². The fraction of sp³-hybridized carbons (Fsp3) is 0.643. The molecule has 2 atom stereocenters. The van der Waals surface area contributed by atoms with Crippen molar-refractivity contribution >= 4 is 34.8 Å². The molecule has 1 fully saturated rings. The van der Waals surface area contributed by atoms with Gasteiger partial charge in [-0.05, 0) is 38.2 Å². The maximum absolute atomic E-state index is 9.68. The molecule has 0 bridgehead atoms. The van der Waals surface area contributed by atoms with Crippen LogP contribution in [0.15, 0.2) is 6.07 Å². The molecule has 112 valence electrons. The second-order valence-electron chi connectivity index (χ2n) is 5.25. The minimum absolute atomic E-state index is 0.165. The largest absolute Gasteiger partial charge is 0.393 e. The molecule has 2 rings (SSSR count). The fourth-order valence-electron chi connectivity index (χ4n) is 2.57. The number of anilines is 2. The van der Waals surface area contributed by atoms with Crippen LogP contribution < -0.4 is 10.6 Å². The van der Waals surface area contributed by atoms with Crippen LogP contribution in [0, 0.1) is 5.92 Å². The minimum Gasteiger partial charge on any atom is -0.393 e. The van der Waals surface area contributed by atoms with E-state index in [9.17, 15) is 5.11 Å². The van der Waals surface area contributed by atoms with Crippen LogP contribution in [-0.2, 0) is 0 Å². The van der Waals surface area contributed by atoms with Gasteiger partial charge in [-0.2, -0.15) is 0 Å². The van der Waals surface area contributed by atoms with Crippen LogP contribution in [-0.4, -0.2) is 29.3 Å². The van der Waals surface area contributed by atoms with E-state index in [0.29, 0.717) is 27.6 Å². The van der Waals surface area contributed by atoms with Gasteiger partial charge in [0.1, 0.15) is 11.6 Å². The highest BCUT2D eigenvalue weighted by atomic mass is 35.5. The molecule has 1 heterocycles. The molecule has 0 aromatic carbocycles. The van der Waals surface area contributed by atoms with E-state index in [4.69, 9.17) is 23.2 Å². The number of nitrogens with zero attached hydrogens (tertiary/aromatic N) is 1. The van der Waals surface area contributed by atoms with E-state index in [-0.39, 0.29) is 6.10 Å². The highest BCUT2D eigenvalue weighted by Gasteiger charge is 2.20. The van der Waals surface area contributed by atoms with Gasteiger partial charge in [0.2, 0.25) is 0 Å². The van der Waals surface area contributed by atoms with Crippen molar-refractivity contribution in [2.45, 2.75) is 38.7 Å². The number of aliphatic hydroxyl groups is 1. The van der Waals surface area contributed by atoms with Gasteiger partial charge in [0.15, 0.2) is 0 Å². The van der Waals surface area contributed by atoms with Crippen LogP contribution in [0.25, 0.3) is 0 Å². The molecule has 0 spiro atoms. The Morgan fingerprint density at radius 1 is 1.25 bits per heavy atom. The zero-order chi connectivity index (χ0) is 14.5. The second-order valence-corrected chi connectivity index (χ2v) is 6.06. The number of hydrogen-bond acceptors (Lipinski definition) is 4. The molecular formula is C14H21Cl2N3O. The summed E-state index contributed by atoms with van der Waals surface area (Å²) < 4.78 is 0. The Balaban J connectivity index is 1.99. The molecule has 4 nitrogen and oxygen atoms in total. The first-order chi connectivity index (χ1) is 9.60. The maximum Gasteiger partial charge on any atom is 0.147 e.